The smallest absolute Gasteiger partial charge is 0.229 e. The Balaban J connectivity index is 1.75. The van der Waals surface area contributed by atoms with Crippen molar-refractivity contribution in [3.8, 4) is 17.0 Å². The van der Waals surface area contributed by atoms with E-state index in [2.05, 4.69) is 17.2 Å². The molecule has 0 radical (unpaired) electrons. The second-order valence-electron chi connectivity index (χ2n) is 5.20. The predicted octanol–water partition coefficient (Wildman–Crippen LogP) is 4.07. The van der Waals surface area contributed by atoms with E-state index in [0.29, 0.717) is 21.8 Å². The Kier molecular flexibility index (Phi) is 3.87. The number of nitrogens with one attached hydrogen (secondary N) is 1. The second kappa shape index (κ2) is 5.66. The van der Waals surface area contributed by atoms with E-state index in [9.17, 15) is 4.79 Å². The summed E-state index contributed by atoms with van der Waals surface area (Å²) in [5.41, 5.74) is 1.70. The third-order valence-electron chi connectivity index (χ3n) is 3.63. The fourth-order valence-electron chi connectivity index (χ4n) is 2.17. The third kappa shape index (κ3) is 3.04. The molecule has 6 heteroatoms. The first-order valence-corrected chi connectivity index (χ1v) is 7.94. The molecule has 1 aromatic carbocycles. The van der Waals surface area contributed by atoms with E-state index in [1.54, 1.807) is 13.2 Å². The van der Waals surface area contributed by atoms with Gasteiger partial charge in [0.05, 0.1) is 17.8 Å². The molecule has 0 saturated heterocycles. The maximum absolute atomic E-state index is 11.9. The fourth-order valence-corrected chi connectivity index (χ4v) is 3.16. The molecule has 110 valence electrons. The molecule has 1 saturated carbocycles. The molecule has 3 rings (SSSR count). The maximum atomic E-state index is 11.9. The average molecular weight is 323 g/mol. The van der Waals surface area contributed by atoms with Gasteiger partial charge in [0, 0.05) is 16.9 Å². The zero-order valence-electron chi connectivity index (χ0n) is 11.7. The first-order chi connectivity index (χ1) is 10.1. The lowest BCUT2D eigenvalue weighted by atomic mass is 10.2. The highest BCUT2D eigenvalue weighted by Crippen LogP contribution is 2.39. The number of ether oxygens (including phenoxy) is 1. The number of aromatic nitrogens is 1. The van der Waals surface area contributed by atoms with Crippen LogP contribution in [0.3, 0.4) is 0 Å². The minimum atomic E-state index is 0.0659. The van der Waals surface area contributed by atoms with Crippen LogP contribution in [0.2, 0.25) is 5.02 Å². The number of amides is 1. The minimum absolute atomic E-state index is 0.0659. The summed E-state index contributed by atoms with van der Waals surface area (Å²) in [6.45, 7) is 2.08. The Labute approximate surface area is 132 Å². The topological polar surface area (TPSA) is 51.2 Å². The van der Waals surface area contributed by atoms with Gasteiger partial charge in [0.2, 0.25) is 5.91 Å². The van der Waals surface area contributed by atoms with Crippen LogP contribution in [0.15, 0.2) is 23.6 Å². The van der Waals surface area contributed by atoms with Crippen molar-refractivity contribution in [2.75, 3.05) is 12.4 Å². The molecular formula is C15H15ClN2O2S. The van der Waals surface area contributed by atoms with E-state index in [1.165, 1.54) is 11.3 Å². The number of rotatable bonds is 4. The number of anilines is 1. The van der Waals surface area contributed by atoms with Crippen LogP contribution in [0.5, 0.6) is 5.75 Å². The van der Waals surface area contributed by atoms with Crippen LogP contribution in [0.25, 0.3) is 11.3 Å². The van der Waals surface area contributed by atoms with Crippen molar-refractivity contribution in [2.45, 2.75) is 13.3 Å². The summed E-state index contributed by atoms with van der Waals surface area (Å²) in [7, 11) is 1.58. The molecule has 4 nitrogen and oxygen atoms in total. The SMILES string of the molecule is COc1ccc(-c2csc(NC(=O)C3CC3C)n2)cc1Cl. The van der Waals surface area contributed by atoms with Gasteiger partial charge in [-0.3, -0.25) is 4.79 Å². The molecule has 1 aromatic heterocycles. The second-order valence-corrected chi connectivity index (χ2v) is 6.46. The number of nitrogens with zero attached hydrogens (tertiary/aromatic N) is 1. The number of benzene rings is 1. The van der Waals surface area contributed by atoms with Crippen molar-refractivity contribution < 1.29 is 9.53 Å². The first-order valence-electron chi connectivity index (χ1n) is 6.69. The Bertz CT molecular complexity index is 686. The van der Waals surface area contributed by atoms with Gasteiger partial charge in [-0.25, -0.2) is 4.98 Å². The number of hydrogen-bond donors (Lipinski definition) is 1. The van der Waals surface area contributed by atoms with Crippen molar-refractivity contribution in [2.24, 2.45) is 11.8 Å². The van der Waals surface area contributed by atoms with Gasteiger partial charge < -0.3 is 10.1 Å². The van der Waals surface area contributed by atoms with E-state index in [1.807, 2.05) is 17.5 Å². The molecule has 2 aromatic rings. The molecule has 1 heterocycles. The largest absolute Gasteiger partial charge is 0.495 e. The number of hydrogen-bond acceptors (Lipinski definition) is 4. The summed E-state index contributed by atoms with van der Waals surface area (Å²) in [6, 6.07) is 5.51. The summed E-state index contributed by atoms with van der Waals surface area (Å²) in [6.07, 6.45) is 0.970. The van der Waals surface area contributed by atoms with Crippen molar-refractivity contribution in [1.29, 1.82) is 0 Å². The van der Waals surface area contributed by atoms with Crippen molar-refractivity contribution in [3.63, 3.8) is 0 Å². The average Bonchev–Trinajstić information content (AvgIpc) is 3.02. The molecule has 2 atom stereocenters. The zero-order valence-corrected chi connectivity index (χ0v) is 13.3. The molecule has 21 heavy (non-hydrogen) atoms. The highest BCUT2D eigenvalue weighted by Gasteiger charge is 2.39. The lowest BCUT2D eigenvalue weighted by molar-refractivity contribution is -0.117. The van der Waals surface area contributed by atoms with E-state index in [-0.39, 0.29) is 11.8 Å². The Hall–Kier alpha value is -1.59. The Morgan fingerprint density at radius 2 is 2.29 bits per heavy atom. The predicted molar refractivity (Wildman–Crippen MR) is 85.0 cm³/mol. The van der Waals surface area contributed by atoms with Crippen LogP contribution in [-0.2, 0) is 4.79 Å². The molecule has 2 unspecified atom stereocenters. The van der Waals surface area contributed by atoms with Crippen molar-refractivity contribution in [1.82, 2.24) is 4.98 Å². The molecule has 1 fully saturated rings. The molecule has 1 aliphatic rings. The normalized spacial score (nSPS) is 20.1. The number of carbonyl (C=O) groups excluding carboxylic acids is 1. The lowest BCUT2D eigenvalue weighted by Gasteiger charge is -2.04. The third-order valence-corrected chi connectivity index (χ3v) is 4.68. The summed E-state index contributed by atoms with van der Waals surface area (Å²) < 4.78 is 5.13. The highest BCUT2D eigenvalue weighted by atomic mass is 35.5. The van der Waals surface area contributed by atoms with E-state index < -0.39 is 0 Å². The van der Waals surface area contributed by atoms with Gasteiger partial charge in [-0.05, 0) is 30.5 Å². The summed E-state index contributed by atoms with van der Waals surface area (Å²) in [4.78, 5) is 16.3. The van der Waals surface area contributed by atoms with Crippen LogP contribution in [-0.4, -0.2) is 18.0 Å². The fraction of sp³-hybridized carbons (Fsp3) is 0.333. The van der Waals surface area contributed by atoms with Crippen LogP contribution in [0.1, 0.15) is 13.3 Å². The summed E-state index contributed by atoms with van der Waals surface area (Å²) in [5.74, 6) is 1.33. The van der Waals surface area contributed by atoms with Crippen molar-refractivity contribution >= 4 is 34.0 Å². The van der Waals surface area contributed by atoms with Gasteiger partial charge in [-0.1, -0.05) is 18.5 Å². The van der Waals surface area contributed by atoms with Gasteiger partial charge in [-0.15, -0.1) is 11.3 Å². The standard InChI is InChI=1S/C15H15ClN2O2S/c1-8-5-10(8)14(19)18-15-17-12(7-21-15)9-3-4-13(20-2)11(16)6-9/h3-4,6-8,10H,5H2,1-2H3,(H,17,18,19). The van der Waals surface area contributed by atoms with E-state index in [4.69, 9.17) is 16.3 Å². The van der Waals surface area contributed by atoms with Gasteiger partial charge in [0.1, 0.15) is 5.75 Å². The van der Waals surface area contributed by atoms with Crippen LogP contribution >= 0.6 is 22.9 Å². The minimum Gasteiger partial charge on any atom is -0.495 e. The molecule has 0 spiro atoms. The van der Waals surface area contributed by atoms with Gasteiger partial charge in [-0.2, -0.15) is 0 Å². The number of methoxy groups -OCH3 is 1. The van der Waals surface area contributed by atoms with Crippen LogP contribution in [0, 0.1) is 11.8 Å². The maximum Gasteiger partial charge on any atom is 0.229 e. The first kappa shape index (κ1) is 14.4. The summed E-state index contributed by atoms with van der Waals surface area (Å²) in [5, 5.41) is 5.95. The van der Waals surface area contributed by atoms with E-state index >= 15 is 0 Å². The van der Waals surface area contributed by atoms with Crippen LogP contribution in [0.4, 0.5) is 5.13 Å². The van der Waals surface area contributed by atoms with Gasteiger partial charge in [0.25, 0.3) is 0 Å². The zero-order chi connectivity index (χ0) is 15.0. The molecule has 1 aliphatic carbocycles. The molecule has 1 N–H and O–H groups in total. The molecular weight excluding hydrogens is 308 g/mol. The number of carbonyl (C=O) groups is 1. The lowest BCUT2D eigenvalue weighted by Crippen LogP contribution is -2.14. The molecule has 0 aliphatic heterocycles. The van der Waals surface area contributed by atoms with E-state index in [0.717, 1.165) is 17.7 Å². The summed E-state index contributed by atoms with van der Waals surface area (Å²) >= 11 is 7.53. The Morgan fingerprint density at radius 3 is 2.90 bits per heavy atom. The van der Waals surface area contributed by atoms with Gasteiger partial charge in [0.15, 0.2) is 5.13 Å². The molecule has 1 amide bonds. The van der Waals surface area contributed by atoms with Crippen molar-refractivity contribution in [3.05, 3.63) is 28.6 Å². The number of halogens is 1. The Morgan fingerprint density at radius 1 is 1.52 bits per heavy atom. The monoisotopic (exact) mass is 322 g/mol. The van der Waals surface area contributed by atoms with Crippen LogP contribution < -0.4 is 10.1 Å². The number of thiazole rings is 1. The quantitative estimate of drug-likeness (QED) is 0.923. The van der Waals surface area contributed by atoms with Gasteiger partial charge >= 0.3 is 0 Å². The molecule has 0 bridgehead atoms. The highest BCUT2D eigenvalue weighted by molar-refractivity contribution is 7.14.